The van der Waals surface area contributed by atoms with E-state index in [1.54, 1.807) is 37.9 Å². The number of fused-ring (bicyclic) bond motifs is 1. The van der Waals surface area contributed by atoms with Crippen LogP contribution in [0.5, 0.6) is 0 Å². The third-order valence-electron chi connectivity index (χ3n) is 7.04. The number of nitrogens with zero attached hydrogens (tertiary/aromatic N) is 2. The summed E-state index contributed by atoms with van der Waals surface area (Å²) in [5.74, 6) is -1.34. The van der Waals surface area contributed by atoms with Gasteiger partial charge in [0.15, 0.2) is 5.82 Å². The zero-order valence-corrected chi connectivity index (χ0v) is 26.5. The molecule has 1 heterocycles. The van der Waals surface area contributed by atoms with Crippen LogP contribution < -0.4 is 16.0 Å². The second-order valence-electron chi connectivity index (χ2n) is 12.5. The van der Waals surface area contributed by atoms with E-state index >= 15 is 0 Å². The van der Waals surface area contributed by atoms with Gasteiger partial charge in [-0.3, -0.25) is 14.4 Å². The van der Waals surface area contributed by atoms with Crippen LogP contribution >= 0.6 is 0 Å². The maximum atomic E-state index is 13.5. The summed E-state index contributed by atoms with van der Waals surface area (Å²) in [7, 11) is 0. The minimum absolute atomic E-state index is 0.153. The topological polar surface area (TPSA) is 150 Å². The molecule has 12 heteroatoms. The van der Waals surface area contributed by atoms with Crippen molar-refractivity contribution in [3.8, 4) is 0 Å². The molecule has 3 N–H and O–H groups in total. The molecule has 1 aromatic heterocycles. The third-order valence-corrected chi connectivity index (χ3v) is 7.04. The summed E-state index contributed by atoms with van der Waals surface area (Å²) >= 11 is 0. The predicted octanol–water partition coefficient (Wildman–Crippen LogP) is 3.90. The molecule has 0 spiro atoms. The van der Waals surface area contributed by atoms with Gasteiger partial charge in [-0.05, 0) is 51.3 Å². The number of rotatable bonds is 11. The summed E-state index contributed by atoms with van der Waals surface area (Å²) in [6.45, 7) is 9.60. The number of benzene rings is 2. The molecular weight excluding hydrogens is 578 g/mol. The molecule has 0 saturated heterocycles. The Morgan fingerprint density at radius 2 is 1.69 bits per heavy atom. The fraction of sp³-hybridized carbons (Fsp3) is 0.424. The van der Waals surface area contributed by atoms with E-state index < -0.39 is 41.2 Å². The molecular formula is C33H41N5O7. The summed E-state index contributed by atoms with van der Waals surface area (Å²) in [6, 6.07) is 15.8. The summed E-state index contributed by atoms with van der Waals surface area (Å²) in [6.07, 6.45) is 2.57. The van der Waals surface area contributed by atoms with Gasteiger partial charge in [-0.1, -0.05) is 54.6 Å². The number of alkyl carbamates (subject to hydrolysis) is 1. The van der Waals surface area contributed by atoms with Crippen LogP contribution in [0.25, 0.3) is 0 Å². The van der Waals surface area contributed by atoms with E-state index in [1.807, 2.05) is 54.6 Å². The molecule has 3 amide bonds. The van der Waals surface area contributed by atoms with Crippen LogP contribution in [0.1, 0.15) is 64.3 Å². The van der Waals surface area contributed by atoms with Crippen molar-refractivity contribution < 1.29 is 33.4 Å². The number of carbonyl (C=O) groups excluding carboxylic acids is 4. The lowest BCUT2D eigenvalue weighted by atomic mass is 10.0. The Balaban J connectivity index is 1.49. The van der Waals surface area contributed by atoms with Crippen molar-refractivity contribution in [3.63, 3.8) is 0 Å². The fourth-order valence-corrected chi connectivity index (χ4v) is 4.98. The monoisotopic (exact) mass is 619 g/mol. The fourth-order valence-electron chi connectivity index (χ4n) is 4.98. The molecule has 2 aromatic carbocycles. The maximum Gasteiger partial charge on any atom is 0.408 e. The first-order valence-corrected chi connectivity index (χ1v) is 14.7. The summed E-state index contributed by atoms with van der Waals surface area (Å²) in [4.78, 5) is 55.4. The van der Waals surface area contributed by atoms with E-state index in [1.165, 1.54) is 20.8 Å². The number of amides is 3. The van der Waals surface area contributed by atoms with Gasteiger partial charge in [0.05, 0.1) is 25.6 Å². The Morgan fingerprint density at radius 1 is 1.00 bits per heavy atom. The highest BCUT2D eigenvalue weighted by Gasteiger charge is 2.37. The van der Waals surface area contributed by atoms with Crippen LogP contribution in [0.3, 0.4) is 0 Å². The van der Waals surface area contributed by atoms with Gasteiger partial charge in [-0.15, -0.1) is 0 Å². The molecule has 0 fully saturated rings. The van der Waals surface area contributed by atoms with Crippen LogP contribution in [-0.2, 0) is 41.6 Å². The quantitative estimate of drug-likeness (QED) is 0.274. The number of hydrogen-bond acceptors (Lipinski definition) is 8. The van der Waals surface area contributed by atoms with Crippen LogP contribution in [0.15, 0.2) is 67.1 Å². The van der Waals surface area contributed by atoms with E-state index in [0.29, 0.717) is 6.42 Å². The van der Waals surface area contributed by atoms with Gasteiger partial charge < -0.3 is 34.7 Å². The molecule has 0 radical (unpaired) electrons. The third kappa shape index (κ3) is 9.15. The van der Waals surface area contributed by atoms with E-state index in [4.69, 9.17) is 14.2 Å². The summed E-state index contributed by atoms with van der Waals surface area (Å²) in [5.41, 5.74) is 0.788. The minimum Gasteiger partial charge on any atom is -0.460 e. The number of imidazole rings is 1. The molecule has 240 valence electrons. The van der Waals surface area contributed by atoms with Gasteiger partial charge in [-0.2, -0.15) is 0 Å². The van der Waals surface area contributed by atoms with Gasteiger partial charge >= 0.3 is 12.1 Å². The van der Waals surface area contributed by atoms with E-state index in [0.717, 1.165) is 16.7 Å². The number of esters is 1. The van der Waals surface area contributed by atoms with Crippen molar-refractivity contribution >= 4 is 29.7 Å². The highest BCUT2D eigenvalue weighted by Crippen LogP contribution is 2.36. The molecule has 12 nitrogen and oxygen atoms in total. The average Bonchev–Trinajstić information content (AvgIpc) is 3.54. The number of hydrogen-bond donors (Lipinski definition) is 3. The van der Waals surface area contributed by atoms with Crippen LogP contribution in [0.4, 0.5) is 10.6 Å². The van der Waals surface area contributed by atoms with Crippen molar-refractivity contribution in [2.75, 3.05) is 11.9 Å². The van der Waals surface area contributed by atoms with Crippen LogP contribution in [0.2, 0.25) is 0 Å². The van der Waals surface area contributed by atoms with Crippen LogP contribution in [0, 0.1) is 0 Å². The minimum atomic E-state index is -1.41. The van der Waals surface area contributed by atoms with Gasteiger partial charge in [-0.25, -0.2) is 9.78 Å². The maximum absolute atomic E-state index is 13.5. The van der Waals surface area contributed by atoms with Crippen molar-refractivity contribution in [2.24, 2.45) is 0 Å². The Bertz CT molecular complexity index is 1510. The van der Waals surface area contributed by atoms with Crippen molar-refractivity contribution in [1.29, 1.82) is 0 Å². The standard InChI is InChI=1S/C33H41N5O7/c1-21(39)44-26-16-23-14-10-11-15-24(23)28(26)38-17-27(34-20-38)36-29(40)25(19-43-18-22-12-8-7-9-13-22)35-30(41)33(5,6)37-31(42)45-32(2,3)4/h7-15,17,20,25-26,28H,16,18-19H2,1-6H3,(H,35,41)(H,36,40)(H,37,42)/t25-,26+,28+/m1/s1. The molecule has 1 aliphatic carbocycles. The van der Waals surface area contributed by atoms with Gasteiger partial charge in [0.25, 0.3) is 5.91 Å². The molecule has 45 heavy (non-hydrogen) atoms. The smallest absolute Gasteiger partial charge is 0.408 e. The molecule has 0 unspecified atom stereocenters. The number of aromatic nitrogens is 2. The first-order valence-electron chi connectivity index (χ1n) is 14.7. The number of ether oxygens (including phenoxy) is 3. The highest BCUT2D eigenvalue weighted by molar-refractivity contribution is 5.98. The summed E-state index contributed by atoms with van der Waals surface area (Å²) in [5, 5.41) is 8.01. The highest BCUT2D eigenvalue weighted by atomic mass is 16.6. The summed E-state index contributed by atoms with van der Waals surface area (Å²) < 4.78 is 18.5. The average molecular weight is 620 g/mol. The lowest BCUT2D eigenvalue weighted by molar-refractivity contribution is -0.147. The Labute approximate surface area is 262 Å². The van der Waals surface area contributed by atoms with Crippen molar-refractivity contribution in [2.45, 2.75) is 83.9 Å². The first-order chi connectivity index (χ1) is 21.2. The number of carbonyl (C=O) groups is 4. The number of anilines is 1. The SMILES string of the molecule is CC(=O)O[C@H]1Cc2ccccc2[C@@H]1n1cnc(NC(=O)[C@@H](COCc2ccccc2)NC(=O)C(C)(C)NC(=O)OC(C)(C)C)c1. The molecule has 4 rings (SSSR count). The lowest BCUT2D eigenvalue weighted by Crippen LogP contribution is -2.59. The molecule has 3 atom stereocenters. The second kappa shape index (κ2) is 13.9. The molecule has 0 bridgehead atoms. The van der Waals surface area contributed by atoms with Gasteiger partial charge in [0, 0.05) is 19.5 Å². The van der Waals surface area contributed by atoms with E-state index in [-0.39, 0.29) is 31.0 Å². The molecule has 3 aromatic rings. The molecule has 0 aliphatic heterocycles. The van der Waals surface area contributed by atoms with Gasteiger partial charge in [0.1, 0.15) is 23.3 Å². The Morgan fingerprint density at radius 3 is 2.38 bits per heavy atom. The second-order valence-corrected chi connectivity index (χ2v) is 12.5. The van der Waals surface area contributed by atoms with Crippen molar-refractivity contribution in [1.82, 2.24) is 20.2 Å². The normalized spacial score (nSPS) is 16.7. The number of nitrogens with one attached hydrogen (secondary N) is 3. The van der Waals surface area contributed by atoms with Crippen LogP contribution in [-0.4, -0.2) is 63.3 Å². The Hall–Kier alpha value is -4.71. The lowest BCUT2D eigenvalue weighted by Gasteiger charge is -2.29. The van der Waals surface area contributed by atoms with E-state index in [2.05, 4.69) is 20.9 Å². The van der Waals surface area contributed by atoms with E-state index in [9.17, 15) is 19.2 Å². The first kappa shape index (κ1) is 33.2. The van der Waals surface area contributed by atoms with Gasteiger partial charge in [0.2, 0.25) is 5.91 Å². The zero-order chi connectivity index (χ0) is 32.8. The molecule has 0 saturated carbocycles. The zero-order valence-electron chi connectivity index (χ0n) is 26.5. The predicted molar refractivity (Wildman–Crippen MR) is 166 cm³/mol. The Kier molecular flexibility index (Phi) is 10.3. The molecule has 1 aliphatic rings. The largest absolute Gasteiger partial charge is 0.460 e. The van der Waals surface area contributed by atoms with Crippen molar-refractivity contribution in [3.05, 3.63) is 83.8 Å².